The van der Waals surface area contributed by atoms with Crippen LogP contribution in [-0.2, 0) is 12.7 Å². The fraction of sp³-hybridized carbons (Fsp3) is 0.250. The van der Waals surface area contributed by atoms with E-state index in [9.17, 15) is 13.2 Å². The fourth-order valence-corrected chi connectivity index (χ4v) is 1.55. The molecule has 0 aliphatic heterocycles. The van der Waals surface area contributed by atoms with Crippen LogP contribution in [0, 0.1) is 0 Å². The van der Waals surface area contributed by atoms with E-state index in [0.29, 0.717) is 5.88 Å². The van der Waals surface area contributed by atoms with Crippen LogP contribution in [-0.4, -0.2) is 22.1 Å². The van der Waals surface area contributed by atoms with Gasteiger partial charge in [0.05, 0.1) is 7.11 Å². The zero-order valence-electron chi connectivity index (χ0n) is 11.0. The molecule has 21 heavy (non-hydrogen) atoms. The Morgan fingerprint density at radius 1 is 1.29 bits per heavy atom. The van der Waals surface area contributed by atoms with Gasteiger partial charge in [0.15, 0.2) is 0 Å². The summed E-state index contributed by atoms with van der Waals surface area (Å²) >= 11 is 0. The molecule has 0 bridgehead atoms. The van der Waals surface area contributed by atoms with Gasteiger partial charge in [0.2, 0.25) is 11.7 Å². The predicted molar refractivity (Wildman–Crippen MR) is 69.6 cm³/mol. The average Bonchev–Trinajstić information content (AvgIpc) is 2.44. The van der Waals surface area contributed by atoms with Gasteiger partial charge in [0.25, 0.3) is 0 Å². The van der Waals surface area contributed by atoms with Crippen molar-refractivity contribution in [1.29, 1.82) is 0 Å². The Balaban J connectivity index is 2.14. The topological polar surface area (TPSA) is 86.0 Å². The van der Waals surface area contributed by atoms with Crippen LogP contribution in [0.1, 0.15) is 11.4 Å². The summed E-state index contributed by atoms with van der Waals surface area (Å²) in [6.45, 7) is 0.243. The zero-order chi connectivity index (χ0) is 15.5. The van der Waals surface area contributed by atoms with Crippen LogP contribution in [0.2, 0.25) is 0 Å². The van der Waals surface area contributed by atoms with Crippen molar-refractivity contribution in [3.05, 3.63) is 35.8 Å². The summed E-state index contributed by atoms with van der Waals surface area (Å²) in [7, 11) is 1.47. The van der Waals surface area contributed by atoms with Gasteiger partial charge in [-0.05, 0) is 11.6 Å². The Hall–Kier alpha value is -2.58. The summed E-state index contributed by atoms with van der Waals surface area (Å²) < 4.78 is 42.7. The molecule has 3 N–H and O–H groups in total. The van der Waals surface area contributed by atoms with Gasteiger partial charge in [-0.2, -0.15) is 13.2 Å². The number of nitrogens with one attached hydrogen (secondary N) is 1. The Labute approximate surface area is 118 Å². The third kappa shape index (κ3) is 3.94. The summed E-state index contributed by atoms with van der Waals surface area (Å²) in [5, 5.41) is 2.75. The second-order valence-electron chi connectivity index (χ2n) is 4.06. The Bertz CT molecular complexity index is 633. The molecule has 2 rings (SSSR count). The molecule has 0 spiro atoms. The molecule has 6 nitrogen and oxygen atoms in total. The van der Waals surface area contributed by atoms with E-state index in [1.165, 1.54) is 19.4 Å². The first kappa shape index (κ1) is 14.8. The van der Waals surface area contributed by atoms with Crippen LogP contribution in [0.5, 0.6) is 5.88 Å². The highest BCUT2D eigenvalue weighted by Gasteiger charge is 2.35. The van der Waals surface area contributed by atoms with Crippen LogP contribution in [0.25, 0.3) is 0 Å². The predicted octanol–water partition coefficient (Wildman–Crippen LogP) is 2.09. The van der Waals surface area contributed by atoms with Gasteiger partial charge in [0, 0.05) is 24.9 Å². The first-order chi connectivity index (χ1) is 9.88. The van der Waals surface area contributed by atoms with E-state index in [2.05, 4.69) is 20.3 Å². The molecule has 0 saturated carbocycles. The van der Waals surface area contributed by atoms with E-state index in [4.69, 9.17) is 10.5 Å². The number of rotatable bonds is 4. The van der Waals surface area contributed by atoms with Gasteiger partial charge in [-0.15, -0.1) is 0 Å². The van der Waals surface area contributed by atoms with E-state index >= 15 is 0 Å². The summed E-state index contributed by atoms with van der Waals surface area (Å²) in [6.07, 6.45) is -3.11. The molecule has 2 aromatic heterocycles. The molecule has 2 aromatic rings. The lowest BCUT2D eigenvalue weighted by atomic mass is 10.2. The molecular weight excluding hydrogens is 287 g/mol. The molecule has 112 valence electrons. The molecule has 0 atom stereocenters. The number of methoxy groups -OCH3 is 1. The third-order valence-corrected chi connectivity index (χ3v) is 2.48. The van der Waals surface area contributed by atoms with Crippen molar-refractivity contribution in [3.8, 4) is 5.88 Å². The molecule has 0 fully saturated rings. The standard InChI is InChI=1S/C12H12F3N5O/c1-21-10-4-7(2-3-17-10)6-18-9-5-8(16)19-11(20-9)12(13,14)15/h2-5H,6H2,1H3,(H3,16,18,19,20). The quantitative estimate of drug-likeness (QED) is 0.899. The second kappa shape index (κ2) is 5.81. The number of nitrogen functional groups attached to an aromatic ring is 1. The molecule has 0 saturated heterocycles. The number of pyridine rings is 1. The summed E-state index contributed by atoms with van der Waals surface area (Å²) in [4.78, 5) is 10.5. The highest BCUT2D eigenvalue weighted by molar-refractivity contribution is 5.45. The van der Waals surface area contributed by atoms with Crippen molar-refractivity contribution in [2.45, 2.75) is 12.7 Å². The molecule has 0 aromatic carbocycles. The molecule has 0 aliphatic carbocycles. The van der Waals surface area contributed by atoms with Crippen LogP contribution >= 0.6 is 0 Å². The SMILES string of the molecule is COc1cc(CNc2cc(N)nc(C(F)(F)F)n2)ccn1. The largest absolute Gasteiger partial charge is 0.481 e. The number of hydrogen-bond acceptors (Lipinski definition) is 6. The highest BCUT2D eigenvalue weighted by Crippen LogP contribution is 2.27. The lowest BCUT2D eigenvalue weighted by Gasteiger charge is -2.10. The van der Waals surface area contributed by atoms with E-state index < -0.39 is 12.0 Å². The number of nitrogens with two attached hydrogens (primary N) is 1. The van der Waals surface area contributed by atoms with Gasteiger partial charge in [-0.1, -0.05) is 0 Å². The number of aromatic nitrogens is 3. The second-order valence-corrected chi connectivity index (χ2v) is 4.06. The Morgan fingerprint density at radius 3 is 2.71 bits per heavy atom. The van der Waals surface area contributed by atoms with E-state index in [-0.39, 0.29) is 18.2 Å². The monoisotopic (exact) mass is 299 g/mol. The van der Waals surface area contributed by atoms with Crippen molar-refractivity contribution >= 4 is 11.6 Å². The van der Waals surface area contributed by atoms with Crippen molar-refractivity contribution in [1.82, 2.24) is 15.0 Å². The van der Waals surface area contributed by atoms with Crippen LogP contribution in [0.15, 0.2) is 24.4 Å². The molecule has 9 heteroatoms. The minimum atomic E-state index is -4.65. The normalized spacial score (nSPS) is 11.2. The molecule has 0 radical (unpaired) electrons. The minimum Gasteiger partial charge on any atom is -0.481 e. The number of anilines is 2. The van der Waals surface area contributed by atoms with E-state index in [1.807, 2.05) is 0 Å². The smallest absolute Gasteiger partial charge is 0.451 e. The maximum Gasteiger partial charge on any atom is 0.451 e. The molecule has 2 heterocycles. The van der Waals surface area contributed by atoms with Crippen LogP contribution < -0.4 is 15.8 Å². The van der Waals surface area contributed by atoms with Crippen molar-refractivity contribution < 1.29 is 17.9 Å². The van der Waals surface area contributed by atoms with E-state index in [1.54, 1.807) is 12.1 Å². The number of halogens is 3. The Kier molecular flexibility index (Phi) is 4.10. The number of alkyl halides is 3. The van der Waals surface area contributed by atoms with Gasteiger partial charge >= 0.3 is 6.18 Å². The average molecular weight is 299 g/mol. The van der Waals surface area contributed by atoms with Gasteiger partial charge in [-0.3, -0.25) is 0 Å². The van der Waals surface area contributed by atoms with Gasteiger partial charge in [-0.25, -0.2) is 15.0 Å². The Morgan fingerprint density at radius 2 is 2.05 bits per heavy atom. The molecule has 0 aliphatic rings. The van der Waals surface area contributed by atoms with Crippen LogP contribution in [0.4, 0.5) is 24.8 Å². The minimum absolute atomic E-state index is 0.00870. The van der Waals surface area contributed by atoms with Crippen molar-refractivity contribution in [3.63, 3.8) is 0 Å². The van der Waals surface area contributed by atoms with Gasteiger partial charge < -0.3 is 15.8 Å². The van der Waals surface area contributed by atoms with Gasteiger partial charge in [0.1, 0.15) is 11.6 Å². The number of nitrogens with zero attached hydrogens (tertiary/aromatic N) is 3. The van der Waals surface area contributed by atoms with Crippen molar-refractivity contribution in [2.75, 3.05) is 18.2 Å². The summed E-state index contributed by atoms with van der Waals surface area (Å²) in [5.74, 6) is -1.14. The van der Waals surface area contributed by atoms with Crippen molar-refractivity contribution in [2.24, 2.45) is 0 Å². The lowest BCUT2D eigenvalue weighted by Crippen LogP contribution is -2.14. The molecule has 0 amide bonds. The highest BCUT2D eigenvalue weighted by atomic mass is 19.4. The van der Waals surface area contributed by atoms with E-state index in [0.717, 1.165) is 5.56 Å². The fourth-order valence-electron chi connectivity index (χ4n) is 1.55. The first-order valence-electron chi connectivity index (χ1n) is 5.83. The third-order valence-electron chi connectivity index (χ3n) is 2.48. The maximum atomic E-state index is 12.6. The first-order valence-corrected chi connectivity index (χ1v) is 5.83. The lowest BCUT2D eigenvalue weighted by molar-refractivity contribution is -0.144. The van der Waals surface area contributed by atoms with Crippen LogP contribution in [0.3, 0.4) is 0 Å². The number of hydrogen-bond donors (Lipinski definition) is 2. The summed E-state index contributed by atoms with van der Waals surface area (Å²) in [5.41, 5.74) is 6.12. The summed E-state index contributed by atoms with van der Waals surface area (Å²) in [6, 6.07) is 4.58. The maximum absolute atomic E-state index is 12.6. The zero-order valence-corrected chi connectivity index (χ0v) is 11.0. The molecule has 0 unspecified atom stereocenters. The molecular formula is C12H12F3N5O. The number of ether oxygens (including phenoxy) is 1.